The van der Waals surface area contributed by atoms with Gasteiger partial charge in [-0.05, 0) is 84.0 Å². The fraction of sp³-hybridized carbons (Fsp3) is 0.485. The molecule has 4 rings (SSSR count). The van der Waals surface area contributed by atoms with Crippen molar-refractivity contribution in [3.8, 4) is 17.3 Å². The number of aliphatic hydroxyl groups is 3. The Bertz CT molecular complexity index is 1360. The standard InChI is InChI=1S/C27H34N4S.C6H12O4/c1-5-7-8-16-31(15-6-2)24-12-11-21-17-23(10-9-22(21)18-24)26-14-13-25(30(26)4)20(3)27(19-28)32-29;7-3-5-1-4(8)2-6(9)10-5/h9-14,17-18H,5-8,15-16,29H2,1-4H3;4-9H,1-3H2/b27-20+;. The van der Waals surface area contributed by atoms with Crippen molar-refractivity contribution >= 4 is 34.0 Å². The van der Waals surface area contributed by atoms with E-state index in [0.717, 1.165) is 48.4 Å². The largest absolute Gasteiger partial charge is 0.394 e. The number of benzene rings is 2. The first-order chi connectivity index (χ1) is 20.3. The lowest BCUT2D eigenvalue weighted by Gasteiger charge is -2.28. The minimum absolute atomic E-state index is 0.145. The second-order valence-corrected chi connectivity index (χ2v) is 11.5. The summed E-state index contributed by atoms with van der Waals surface area (Å²) in [6.07, 6.45) is 3.73. The molecule has 0 radical (unpaired) electrons. The van der Waals surface area contributed by atoms with Crippen LogP contribution in [0.5, 0.6) is 0 Å². The van der Waals surface area contributed by atoms with Crippen LogP contribution >= 0.6 is 11.9 Å². The van der Waals surface area contributed by atoms with E-state index >= 15 is 0 Å². The minimum atomic E-state index is -0.916. The second-order valence-electron chi connectivity index (χ2n) is 10.8. The third kappa shape index (κ3) is 8.83. The molecule has 1 saturated heterocycles. The molecule has 0 saturated carbocycles. The van der Waals surface area contributed by atoms with E-state index < -0.39 is 18.5 Å². The fourth-order valence-corrected chi connectivity index (χ4v) is 5.69. The predicted octanol–water partition coefficient (Wildman–Crippen LogP) is 5.95. The van der Waals surface area contributed by atoms with Gasteiger partial charge in [-0.3, -0.25) is 5.14 Å². The van der Waals surface area contributed by atoms with Crippen molar-refractivity contribution in [2.24, 2.45) is 12.2 Å². The van der Waals surface area contributed by atoms with Crippen LogP contribution in [-0.4, -0.2) is 58.1 Å². The first kappa shape index (κ1) is 33.7. The van der Waals surface area contributed by atoms with Gasteiger partial charge in [-0.25, -0.2) is 0 Å². The van der Waals surface area contributed by atoms with Crippen molar-refractivity contribution in [1.82, 2.24) is 4.57 Å². The molecule has 8 nitrogen and oxygen atoms in total. The van der Waals surface area contributed by atoms with E-state index in [2.05, 4.69) is 77.9 Å². The fourth-order valence-electron chi connectivity index (χ4n) is 5.36. The highest BCUT2D eigenvalue weighted by atomic mass is 32.2. The number of aliphatic hydroxyl groups excluding tert-OH is 3. The number of unbranched alkanes of at least 4 members (excludes halogenated alkanes) is 2. The maximum Gasteiger partial charge on any atom is 0.157 e. The van der Waals surface area contributed by atoms with Crippen molar-refractivity contribution in [1.29, 1.82) is 5.26 Å². The number of nitriles is 1. The molecule has 9 heteroatoms. The molecule has 1 aliphatic rings. The topological polar surface area (TPSA) is 128 Å². The molecule has 0 amide bonds. The van der Waals surface area contributed by atoms with Crippen LogP contribution in [0.2, 0.25) is 0 Å². The molecule has 3 aromatic rings. The molecule has 2 aromatic carbocycles. The van der Waals surface area contributed by atoms with E-state index in [9.17, 15) is 5.26 Å². The lowest BCUT2D eigenvalue weighted by molar-refractivity contribution is -0.197. The number of nitrogens with zero attached hydrogens (tertiary/aromatic N) is 3. The van der Waals surface area contributed by atoms with E-state index in [1.165, 1.54) is 41.3 Å². The number of hydrogen-bond donors (Lipinski definition) is 4. The van der Waals surface area contributed by atoms with E-state index in [0.29, 0.717) is 11.3 Å². The van der Waals surface area contributed by atoms with Crippen LogP contribution in [0.1, 0.15) is 65.0 Å². The van der Waals surface area contributed by atoms with Crippen LogP contribution in [0.3, 0.4) is 0 Å². The molecule has 228 valence electrons. The van der Waals surface area contributed by atoms with Crippen molar-refractivity contribution in [3.63, 3.8) is 0 Å². The van der Waals surface area contributed by atoms with Gasteiger partial charge in [-0.1, -0.05) is 44.9 Å². The SMILES string of the molecule is CCCCCN(CCC)c1ccc2cc(-c3ccc(/C(C)=C(\C#N)SN)n3C)ccc2c1.OCC1CC(O)CC(O)O1. The molecule has 3 atom stereocenters. The van der Waals surface area contributed by atoms with Crippen LogP contribution in [0.4, 0.5) is 5.69 Å². The third-order valence-corrected chi connectivity index (χ3v) is 8.27. The Kier molecular flexibility index (Phi) is 13.4. The Labute approximate surface area is 254 Å². The minimum Gasteiger partial charge on any atom is -0.394 e. The molecule has 1 aliphatic heterocycles. The maximum atomic E-state index is 9.32. The highest BCUT2D eigenvalue weighted by molar-refractivity contribution is 8.01. The molecule has 1 aromatic heterocycles. The Hall–Kier alpha value is -2.84. The Morgan fingerprint density at radius 3 is 2.43 bits per heavy atom. The first-order valence-corrected chi connectivity index (χ1v) is 15.7. The molecule has 1 fully saturated rings. The van der Waals surface area contributed by atoms with E-state index in [4.69, 9.17) is 25.2 Å². The predicted molar refractivity (Wildman–Crippen MR) is 174 cm³/mol. The summed E-state index contributed by atoms with van der Waals surface area (Å²) in [5, 5.41) is 44.0. The average Bonchev–Trinajstić information content (AvgIpc) is 3.37. The molecular weight excluding hydrogens is 548 g/mol. The molecule has 3 unspecified atom stereocenters. The number of allylic oxidation sites excluding steroid dienone is 2. The molecule has 42 heavy (non-hydrogen) atoms. The van der Waals surface area contributed by atoms with Crippen LogP contribution in [0.25, 0.3) is 27.6 Å². The second kappa shape index (κ2) is 16.7. The van der Waals surface area contributed by atoms with Gasteiger partial charge in [0.15, 0.2) is 6.29 Å². The smallest absolute Gasteiger partial charge is 0.157 e. The zero-order valence-electron chi connectivity index (χ0n) is 25.3. The van der Waals surface area contributed by atoms with Crippen molar-refractivity contribution in [2.45, 2.75) is 77.8 Å². The van der Waals surface area contributed by atoms with Crippen molar-refractivity contribution < 1.29 is 20.1 Å². The molecule has 2 heterocycles. The summed E-state index contributed by atoms with van der Waals surface area (Å²) in [5.41, 5.74) is 5.51. The van der Waals surface area contributed by atoms with Gasteiger partial charge in [0.05, 0.1) is 18.8 Å². The van der Waals surface area contributed by atoms with Crippen molar-refractivity contribution in [3.05, 3.63) is 59.1 Å². The van der Waals surface area contributed by atoms with E-state index in [-0.39, 0.29) is 13.0 Å². The Morgan fingerprint density at radius 2 is 1.79 bits per heavy atom. The van der Waals surface area contributed by atoms with Gasteiger partial charge in [0, 0.05) is 50.1 Å². The zero-order chi connectivity index (χ0) is 30.6. The Balaban J connectivity index is 0.000000408. The zero-order valence-corrected chi connectivity index (χ0v) is 26.1. The molecule has 5 N–H and O–H groups in total. The highest BCUT2D eigenvalue weighted by Gasteiger charge is 2.26. The normalized spacial score (nSPS) is 19.1. The molecular formula is C33H46N4O4S. The van der Waals surface area contributed by atoms with Crippen LogP contribution < -0.4 is 10.0 Å². The summed E-state index contributed by atoms with van der Waals surface area (Å²) < 4.78 is 6.99. The number of hydrogen-bond acceptors (Lipinski definition) is 8. The highest BCUT2D eigenvalue weighted by Crippen LogP contribution is 2.31. The maximum absolute atomic E-state index is 9.32. The number of anilines is 1. The van der Waals surface area contributed by atoms with Crippen LogP contribution in [0, 0.1) is 11.3 Å². The van der Waals surface area contributed by atoms with Gasteiger partial charge in [-0.2, -0.15) is 5.26 Å². The van der Waals surface area contributed by atoms with Gasteiger partial charge in [0.1, 0.15) is 11.0 Å². The van der Waals surface area contributed by atoms with Crippen LogP contribution in [0.15, 0.2) is 53.4 Å². The summed E-state index contributed by atoms with van der Waals surface area (Å²) in [4.78, 5) is 3.06. The third-order valence-electron chi connectivity index (χ3n) is 7.64. The van der Waals surface area contributed by atoms with Crippen LogP contribution in [-0.2, 0) is 11.8 Å². The molecule has 0 bridgehead atoms. The number of ether oxygens (including phenoxy) is 1. The average molecular weight is 595 g/mol. The quantitative estimate of drug-likeness (QED) is 0.122. The number of fused-ring (bicyclic) bond motifs is 1. The van der Waals surface area contributed by atoms with Gasteiger partial charge in [0.2, 0.25) is 0 Å². The van der Waals surface area contributed by atoms with Gasteiger partial charge in [0.25, 0.3) is 0 Å². The van der Waals surface area contributed by atoms with Gasteiger partial charge >= 0.3 is 0 Å². The number of rotatable bonds is 11. The van der Waals surface area contributed by atoms with E-state index in [1.54, 1.807) is 0 Å². The first-order valence-electron chi connectivity index (χ1n) is 14.8. The van der Waals surface area contributed by atoms with Gasteiger partial charge in [-0.15, -0.1) is 0 Å². The summed E-state index contributed by atoms with van der Waals surface area (Å²) in [5.74, 6) is 0. The molecule has 0 aliphatic carbocycles. The van der Waals surface area contributed by atoms with Gasteiger partial charge < -0.3 is 29.5 Å². The monoisotopic (exact) mass is 594 g/mol. The van der Waals surface area contributed by atoms with E-state index in [1.807, 2.05) is 14.0 Å². The summed E-state index contributed by atoms with van der Waals surface area (Å²) in [6.45, 7) is 8.52. The number of nitrogens with two attached hydrogens (primary N) is 1. The summed E-state index contributed by atoms with van der Waals surface area (Å²) >= 11 is 1.00. The summed E-state index contributed by atoms with van der Waals surface area (Å²) in [6, 6.07) is 19.8. The lowest BCUT2D eigenvalue weighted by atomic mass is 10.0. The van der Waals surface area contributed by atoms with Crippen molar-refractivity contribution in [2.75, 3.05) is 24.6 Å². The number of aromatic nitrogens is 1. The molecule has 0 spiro atoms. The summed E-state index contributed by atoms with van der Waals surface area (Å²) in [7, 11) is 2.04. The lowest BCUT2D eigenvalue weighted by Crippen LogP contribution is -2.37. The Morgan fingerprint density at radius 1 is 1.05 bits per heavy atom.